The van der Waals surface area contributed by atoms with Crippen LogP contribution in [0, 0.1) is 5.92 Å². The molecule has 3 heterocycles. The normalized spacial score (nSPS) is 11.2. The van der Waals surface area contributed by atoms with Crippen LogP contribution in [0.1, 0.15) is 20.3 Å². The zero-order valence-electron chi connectivity index (χ0n) is 16.0. The van der Waals surface area contributed by atoms with Crippen molar-refractivity contribution < 1.29 is 0 Å². The van der Waals surface area contributed by atoms with Crippen LogP contribution >= 0.6 is 0 Å². The van der Waals surface area contributed by atoms with E-state index < -0.39 is 0 Å². The van der Waals surface area contributed by atoms with Gasteiger partial charge in [-0.2, -0.15) is 5.10 Å². The van der Waals surface area contributed by atoms with Crippen molar-refractivity contribution in [2.24, 2.45) is 5.92 Å². The molecule has 4 rings (SSSR count). The van der Waals surface area contributed by atoms with Crippen molar-refractivity contribution in [3.05, 3.63) is 77.5 Å². The van der Waals surface area contributed by atoms with Crippen molar-refractivity contribution in [3.63, 3.8) is 0 Å². The molecule has 0 aliphatic carbocycles. The van der Waals surface area contributed by atoms with Crippen molar-refractivity contribution in [3.8, 4) is 5.69 Å². The second-order valence-electron chi connectivity index (χ2n) is 7.26. The molecule has 0 atom stereocenters. The van der Waals surface area contributed by atoms with Crippen molar-refractivity contribution in [2.45, 2.75) is 26.8 Å². The minimum Gasteiger partial charge on any atom is -0.340 e. The summed E-state index contributed by atoms with van der Waals surface area (Å²) in [6, 6.07) is 15.2. The molecule has 0 radical (unpaired) electrons. The second kappa shape index (κ2) is 7.68. The third-order valence-electron chi connectivity index (χ3n) is 4.71. The van der Waals surface area contributed by atoms with Crippen LogP contribution in [0.3, 0.4) is 0 Å². The summed E-state index contributed by atoms with van der Waals surface area (Å²) >= 11 is 0. The number of hydrogen-bond acceptors (Lipinski definition) is 4. The van der Waals surface area contributed by atoms with Gasteiger partial charge in [-0.1, -0.05) is 13.8 Å². The van der Waals surface area contributed by atoms with Gasteiger partial charge in [-0.25, -0.2) is 9.67 Å². The van der Waals surface area contributed by atoms with Crippen LogP contribution in [-0.4, -0.2) is 19.3 Å². The van der Waals surface area contributed by atoms with E-state index in [-0.39, 0.29) is 5.56 Å². The SMILES string of the molecule is CC(C)CCn1c(=O)ccc2cnc(Nc3ccc(-n4cccn4)cc3)cc21. The fourth-order valence-electron chi connectivity index (χ4n) is 3.14. The topological polar surface area (TPSA) is 64.7 Å². The Hall–Kier alpha value is -3.41. The summed E-state index contributed by atoms with van der Waals surface area (Å²) in [6.45, 7) is 5.03. The molecule has 3 aromatic heterocycles. The molecule has 1 aromatic carbocycles. The average molecular weight is 373 g/mol. The molecule has 1 N–H and O–H groups in total. The Morgan fingerprint density at radius 2 is 1.93 bits per heavy atom. The maximum atomic E-state index is 12.4. The zero-order valence-corrected chi connectivity index (χ0v) is 16.0. The van der Waals surface area contributed by atoms with E-state index in [0.29, 0.717) is 18.3 Å². The van der Waals surface area contributed by atoms with Crippen molar-refractivity contribution in [1.82, 2.24) is 19.3 Å². The van der Waals surface area contributed by atoms with Gasteiger partial charge in [0.1, 0.15) is 5.82 Å². The number of rotatable bonds is 6. The average Bonchev–Trinajstić information content (AvgIpc) is 3.22. The molecule has 0 aliphatic heterocycles. The summed E-state index contributed by atoms with van der Waals surface area (Å²) in [6.07, 6.45) is 6.42. The lowest BCUT2D eigenvalue weighted by Gasteiger charge is -2.13. The first kappa shape index (κ1) is 18.0. The lowest BCUT2D eigenvalue weighted by atomic mass is 10.1. The van der Waals surface area contributed by atoms with E-state index in [4.69, 9.17) is 0 Å². The smallest absolute Gasteiger partial charge is 0.251 e. The van der Waals surface area contributed by atoms with Crippen LogP contribution < -0.4 is 10.9 Å². The van der Waals surface area contributed by atoms with Gasteiger partial charge in [0.15, 0.2) is 0 Å². The Morgan fingerprint density at radius 1 is 1.11 bits per heavy atom. The summed E-state index contributed by atoms with van der Waals surface area (Å²) in [5.74, 6) is 1.25. The van der Waals surface area contributed by atoms with Gasteiger partial charge in [-0.3, -0.25) is 4.79 Å². The lowest BCUT2D eigenvalue weighted by molar-refractivity contribution is 0.517. The van der Waals surface area contributed by atoms with E-state index in [2.05, 4.69) is 29.2 Å². The van der Waals surface area contributed by atoms with Gasteiger partial charge in [0.2, 0.25) is 0 Å². The van der Waals surface area contributed by atoms with Crippen LogP contribution in [0.25, 0.3) is 16.6 Å². The van der Waals surface area contributed by atoms with Gasteiger partial charge in [0.05, 0.1) is 11.2 Å². The van der Waals surface area contributed by atoms with E-state index in [1.807, 2.05) is 57.9 Å². The Balaban J connectivity index is 1.62. The minimum absolute atomic E-state index is 0.0221. The van der Waals surface area contributed by atoms with E-state index in [0.717, 1.165) is 28.7 Å². The molecule has 0 saturated heterocycles. The van der Waals surface area contributed by atoms with Gasteiger partial charge < -0.3 is 9.88 Å². The molecular formula is C22H23N5O. The minimum atomic E-state index is 0.0221. The highest BCUT2D eigenvalue weighted by molar-refractivity contribution is 5.81. The number of aryl methyl sites for hydroxylation is 1. The number of fused-ring (bicyclic) bond motifs is 1. The lowest BCUT2D eigenvalue weighted by Crippen LogP contribution is -2.20. The molecule has 0 spiro atoms. The highest BCUT2D eigenvalue weighted by Gasteiger charge is 2.07. The number of nitrogens with one attached hydrogen (secondary N) is 1. The van der Waals surface area contributed by atoms with Crippen LogP contribution in [0.4, 0.5) is 11.5 Å². The molecule has 6 heteroatoms. The molecular weight excluding hydrogens is 350 g/mol. The van der Waals surface area contributed by atoms with E-state index in [1.54, 1.807) is 18.5 Å². The first-order valence-electron chi connectivity index (χ1n) is 9.47. The van der Waals surface area contributed by atoms with Gasteiger partial charge in [-0.05, 0) is 48.7 Å². The van der Waals surface area contributed by atoms with Crippen LogP contribution in [-0.2, 0) is 6.54 Å². The van der Waals surface area contributed by atoms with Gasteiger partial charge in [0, 0.05) is 48.3 Å². The maximum absolute atomic E-state index is 12.4. The number of anilines is 2. The van der Waals surface area contributed by atoms with Crippen molar-refractivity contribution >= 4 is 22.4 Å². The number of nitrogens with zero attached hydrogens (tertiary/aromatic N) is 4. The molecule has 0 fully saturated rings. The third-order valence-corrected chi connectivity index (χ3v) is 4.71. The molecule has 0 saturated carbocycles. The van der Waals surface area contributed by atoms with Crippen LogP contribution in [0.2, 0.25) is 0 Å². The van der Waals surface area contributed by atoms with E-state index in [9.17, 15) is 4.79 Å². The fraction of sp³-hybridized carbons (Fsp3) is 0.227. The van der Waals surface area contributed by atoms with Gasteiger partial charge >= 0.3 is 0 Å². The Kier molecular flexibility index (Phi) is 4.93. The Bertz CT molecular complexity index is 1130. The molecule has 0 amide bonds. The summed E-state index contributed by atoms with van der Waals surface area (Å²) in [5, 5.41) is 8.52. The summed E-state index contributed by atoms with van der Waals surface area (Å²) in [7, 11) is 0. The largest absolute Gasteiger partial charge is 0.340 e. The number of benzene rings is 1. The molecule has 6 nitrogen and oxygen atoms in total. The number of pyridine rings is 2. The van der Waals surface area contributed by atoms with Crippen LogP contribution in [0.5, 0.6) is 0 Å². The van der Waals surface area contributed by atoms with E-state index >= 15 is 0 Å². The van der Waals surface area contributed by atoms with Gasteiger partial charge in [-0.15, -0.1) is 0 Å². The fourth-order valence-corrected chi connectivity index (χ4v) is 3.14. The highest BCUT2D eigenvalue weighted by atomic mass is 16.1. The number of aromatic nitrogens is 4. The molecule has 0 bridgehead atoms. The first-order chi connectivity index (χ1) is 13.6. The van der Waals surface area contributed by atoms with E-state index in [1.165, 1.54) is 0 Å². The first-order valence-corrected chi connectivity index (χ1v) is 9.47. The summed E-state index contributed by atoms with van der Waals surface area (Å²) in [5.41, 5.74) is 2.84. The predicted molar refractivity (Wildman–Crippen MR) is 112 cm³/mol. The highest BCUT2D eigenvalue weighted by Crippen LogP contribution is 2.21. The molecule has 142 valence electrons. The Labute approximate surface area is 163 Å². The zero-order chi connectivity index (χ0) is 19.5. The molecule has 4 aromatic rings. The number of hydrogen-bond donors (Lipinski definition) is 1. The predicted octanol–water partition coefficient (Wildman–Crippen LogP) is 4.37. The molecule has 0 unspecified atom stereocenters. The summed E-state index contributed by atoms with van der Waals surface area (Å²) < 4.78 is 3.65. The van der Waals surface area contributed by atoms with Crippen molar-refractivity contribution in [2.75, 3.05) is 5.32 Å². The third kappa shape index (κ3) is 3.81. The Morgan fingerprint density at radius 3 is 2.64 bits per heavy atom. The standard InChI is InChI=1S/C22H23N5O/c1-16(2)10-13-26-20-14-21(23-15-17(20)4-9-22(26)28)25-18-5-7-19(8-6-18)27-12-3-11-24-27/h3-9,11-12,14-16H,10,13H2,1-2H3,(H,23,25). The van der Waals surface area contributed by atoms with Crippen LogP contribution in [0.15, 0.2) is 71.9 Å². The molecule has 28 heavy (non-hydrogen) atoms. The summed E-state index contributed by atoms with van der Waals surface area (Å²) in [4.78, 5) is 16.9. The molecule has 0 aliphatic rings. The maximum Gasteiger partial charge on any atom is 0.251 e. The quantitative estimate of drug-likeness (QED) is 0.545. The monoisotopic (exact) mass is 373 g/mol. The van der Waals surface area contributed by atoms with Crippen molar-refractivity contribution in [1.29, 1.82) is 0 Å². The second-order valence-corrected chi connectivity index (χ2v) is 7.26. The van der Waals surface area contributed by atoms with Gasteiger partial charge in [0.25, 0.3) is 5.56 Å².